The third kappa shape index (κ3) is 5.33. The highest BCUT2D eigenvalue weighted by atomic mass is 127. The molecule has 146 valence electrons. The average Bonchev–Trinajstić information content (AvgIpc) is 2.47. The van der Waals surface area contributed by atoms with Crippen LogP contribution in [0.3, 0.4) is 0 Å². The lowest BCUT2D eigenvalue weighted by molar-refractivity contribution is 0.0628. The summed E-state index contributed by atoms with van der Waals surface area (Å²) in [5, 5.41) is 0. The van der Waals surface area contributed by atoms with Gasteiger partial charge in [-0.1, -0.05) is 0 Å². The van der Waals surface area contributed by atoms with Crippen molar-refractivity contribution < 1.29 is 9.59 Å². The lowest BCUT2D eigenvalue weighted by atomic mass is 10.1. The first-order chi connectivity index (χ1) is 11.9. The van der Waals surface area contributed by atoms with Gasteiger partial charge in [-0.15, -0.1) is 0 Å². The fourth-order valence-electron chi connectivity index (χ4n) is 3.28. The summed E-state index contributed by atoms with van der Waals surface area (Å²) in [5.41, 5.74) is 1.32. The van der Waals surface area contributed by atoms with Crippen molar-refractivity contribution in [1.29, 1.82) is 0 Å². The zero-order chi connectivity index (χ0) is 20.3. The maximum Gasteiger partial charge on any atom is 0.255 e. The fourth-order valence-corrected chi connectivity index (χ4v) is 4.68. The minimum Gasteiger partial charge on any atom is -0.334 e. The number of halogens is 2. The first-order valence-electron chi connectivity index (χ1n) is 9.04. The zero-order valence-corrected chi connectivity index (χ0v) is 21.2. The second-order valence-corrected chi connectivity index (χ2v) is 9.94. The Bertz CT molecular complexity index is 596. The predicted octanol–water partition coefficient (Wildman–Crippen LogP) is 5.41. The van der Waals surface area contributed by atoms with Gasteiger partial charge in [-0.25, -0.2) is 0 Å². The van der Waals surface area contributed by atoms with Gasteiger partial charge in [0.1, 0.15) is 0 Å². The molecule has 0 fully saturated rings. The van der Waals surface area contributed by atoms with Crippen LogP contribution in [-0.4, -0.2) is 45.8 Å². The van der Waals surface area contributed by atoms with Crippen LogP contribution in [0.4, 0.5) is 0 Å². The van der Waals surface area contributed by atoms with Crippen molar-refractivity contribution in [2.24, 2.45) is 0 Å². The Labute approximate surface area is 185 Å². The summed E-state index contributed by atoms with van der Waals surface area (Å²) in [7, 11) is 0. The van der Waals surface area contributed by atoms with E-state index < -0.39 is 0 Å². The smallest absolute Gasteiger partial charge is 0.255 e. The molecule has 0 atom stereocenters. The van der Waals surface area contributed by atoms with E-state index in [4.69, 9.17) is 0 Å². The molecule has 0 saturated carbocycles. The molecule has 0 aliphatic carbocycles. The Kier molecular flexibility index (Phi) is 8.83. The highest BCUT2D eigenvalue weighted by Crippen LogP contribution is 2.25. The van der Waals surface area contributed by atoms with Crippen LogP contribution in [-0.2, 0) is 0 Å². The SMILES string of the molecule is CC(C)N(C(=O)c1cc(I)c(C(=O)N(C(C)C)C(C)C)cc1I)C(C)C. The molecule has 0 spiro atoms. The van der Waals surface area contributed by atoms with E-state index in [9.17, 15) is 9.59 Å². The van der Waals surface area contributed by atoms with Crippen molar-refractivity contribution in [2.45, 2.75) is 79.6 Å². The molecular formula is C20H30I2N2O2. The minimum atomic E-state index is 0.0147. The summed E-state index contributed by atoms with van der Waals surface area (Å²) < 4.78 is 1.63. The Morgan fingerprint density at radius 2 is 0.885 bits per heavy atom. The van der Waals surface area contributed by atoms with Crippen LogP contribution in [0, 0.1) is 7.14 Å². The molecule has 0 aliphatic heterocycles. The molecular weight excluding hydrogens is 554 g/mol. The largest absolute Gasteiger partial charge is 0.334 e. The molecule has 0 saturated heterocycles. The van der Waals surface area contributed by atoms with E-state index >= 15 is 0 Å². The maximum absolute atomic E-state index is 13.1. The molecule has 6 heteroatoms. The predicted molar refractivity (Wildman–Crippen MR) is 125 cm³/mol. The van der Waals surface area contributed by atoms with Gasteiger partial charge in [0.05, 0.1) is 11.1 Å². The van der Waals surface area contributed by atoms with E-state index in [1.807, 2.05) is 77.3 Å². The molecule has 1 aromatic carbocycles. The maximum atomic E-state index is 13.1. The number of rotatable bonds is 6. The topological polar surface area (TPSA) is 40.6 Å². The van der Waals surface area contributed by atoms with E-state index in [1.165, 1.54) is 0 Å². The number of hydrogen-bond acceptors (Lipinski definition) is 2. The van der Waals surface area contributed by atoms with Gasteiger partial charge in [-0.2, -0.15) is 0 Å². The number of benzene rings is 1. The van der Waals surface area contributed by atoms with Crippen molar-refractivity contribution in [2.75, 3.05) is 0 Å². The summed E-state index contributed by atoms with van der Waals surface area (Å²) in [5.74, 6) is 0.0294. The van der Waals surface area contributed by atoms with Crippen LogP contribution in [0.5, 0.6) is 0 Å². The van der Waals surface area contributed by atoms with Gasteiger partial charge in [-0.3, -0.25) is 9.59 Å². The second kappa shape index (κ2) is 9.71. The number of carbonyl (C=O) groups is 2. The van der Waals surface area contributed by atoms with Crippen molar-refractivity contribution in [3.8, 4) is 0 Å². The Balaban J connectivity index is 3.36. The van der Waals surface area contributed by atoms with Gasteiger partial charge in [0.2, 0.25) is 0 Å². The highest BCUT2D eigenvalue weighted by molar-refractivity contribution is 14.1. The highest BCUT2D eigenvalue weighted by Gasteiger charge is 2.27. The van der Waals surface area contributed by atoms with Gasteiger partial charge in [0.25, 0.3) is 11.8 Å². The average molecular weight is 584 g/mol. The minimum absolute atomic E-state index is 0.0147. The zero-order valence-electron chi connectivity index (χ0n) is 16.9. The van der Waals surface area contributed by atoms with Gasteiger partial charge in [0.15, 0.2) is 0 Å². The summed E-state index contributed by atoms with van der Waals surface area (Å²) >= 11 is 4.34. The summed E-state index contributed by atoms with van der Waals surface area (Å²) in [6, 6.07) is 4.19. The number of carbonyl (C=O) groups excluding carboxylic acids is 2. The quantitative estimate of drug-likeness (QED) is 0.420. The first kappa shape index (κ1) is 23.7. The Hall–Kier alpha value is -0.380. The first-order valence-corrected chi connectivity index (χ1v) is 11.2. The molecule has 0 unspecified atom stereocenters. The van der Waals surface area contributed by atoms with Crippen LogP contribution >= 0.6 is 45.2 Å². The Morgan fingerprint density at radius 3 is 1.08 bits per heavy atom. The van der Waals surface area contributed by atoms with E-state index in [0.717, 1.165) is 7.14 Å². The Morgan fingerprint density at radius 1 is 0.654 bits per heavy atom. The molecule has 0 N–H and O–H groups in total. The van der Waals surface area contributed by atoms with Crippen LogP contribution in [0.25, 0.3) is 0 Å². The number of nitrogens with zero attached hydrogens (tertiary/aromatic N) is 2. The van der Waals surface area contributed by atoms with Crippen LogP contribution in [0.2, 0.25) is 0 Å². The van der Waals surface area contributed by atoms with Crippen molar-refractivity contribution in [3.63, 3.8) is 0 Å². The summed E-state index contributed by atoms with van der Waals surface area (Å²) in [6.07, 6.45) is 0. The summed E-state index contributed by atoms with van der Waals surface area (Å²) in [6.45, 7) is 16.2. The molecule has 0 heterocycles. The lowest BCUT2D eigenvalue weighted by Crippen LogP contribution is -2.43. The summed E-state index contributed by atoms with van der Waals surface area (Å²) in [4.78, 5) is 29.9. The normalized spacial score (nSPS) is 11.6. The van der Waals surface area contributed by atoms with Gasteiger partial charge in [0, 0.05) is 31.3 Å². The second-order valence-electron chi connectivity index (χ2n) is 7.61. The van der Waals surface area contributed by atoms with E-state index in [0.29, 0.717) is 11.1 Å². The van der Waals surface area contributed by atoms with Gasteiger partial charge < -0.3 is 9.80 Å². The van der Waals surface area contributed by atoms with Crippen molar-refractivity contribution >= 4 is 57.0 Å². The third-order valence-electron chi connectivity index (χ3n) is 4.21. The fraction of sp³-hybridized carbons (Fsp3) is 0.600. The van der Waals surface area contributed by atoms with Crippen molar-refractivity contribution in [3.05, 3.63) is 30.4 Å². The van der Waals surface area contributed by atoms with E-state index in [1.54, 1.807) is 0 Å². The monoisotopic (exact) mass is 584 g/mol. The van der Waals surface area contributed by atoms with Crippen LogP contribution in [0.1, 0.15) is 76.1 Å². The molecule has 2 amide bonds. The number of hydrogen-bond donors (Lipinski definition) is 0. The van der Waals surface area contributed by atoms with E-state index in [2.05, 4.69) is 45.2 Å². The standard InChI is InChI=1S/C20H30I2N2O2/c1-11(2)23(12(3)4)19(25)15-9-18(22)16(10-17(15)21)20(26)24(13(5)6)14(7)8/h9-14H,1-8H3. The molecule has 0 radical (unpaired) electrons. The van der Waals surface area contributed by atoms with E-state index in [-0.39, 0.29) is 36.0 Å². The van der Waals surface area contributed by atoms with Gasteiger partial charge in [-0.05, 0) is 113 Å². The van der Waals surface area contributed by atoms with Crippen molar-refractivity contribution in [1.82, 2.24) is 9.80 Å². The molecule has 0 aromatic heterocycles. The van der Waals surface area contributed by atoms with Crippen LogP contribution in [0.15, 0.2) is 12.1 Å². The molecule has 26 heavy (non-hydrogen) atoms. The molecule has 0 aliphatic rings. The molecule has 0 bridgehead atoms. The van der Waals surface area contributed by atoms with Crippen LogP contribution < -0.4 is 0 Å². The number of amides is 2. The third-order valence-corrected chi connectivity index (χ3v) is 6.00. The molecule has 1 aromatic rings. The van der Waals surface area contributed by atoms with Gasteiger partial charge >= 0.3 is 0 Å². The lowest BCUT2D eigenvalue weighted by Gasteiger charge is -2.32. The molecule has 4 nitrogen and oxygen atoms in total. The molecule has 1 rings (SSSR count).